The minimum atomic E-state index is -1.35. The topological polar surface area (TPSA) is 158 Å². The second kappa shape index (κ2) is 10.4. The molecule has 12 nitrogen and oxygen atoms in total. The first-order valence-electron chi connectivity index (χ1n) is 11.0. The van der Waals surface area contributed by atoms with Crippen LogP contribution in [0.15, 0.2) is 53.9 Å². The fourth-order valence-electron chi connectivity index (χ4n) is 4.31. The zero-order chi connectivity index (χ0) is 26.9. The molecule has 0 aromatic heterocycles. The Bertz CT molecular complexity index is 1270. The molecule has 194 valence electrons. The molecule has 2 aliphatic heterocycles. The number of nitrogens with one attached hydrogen (secondary N) is 1. The molecule has 2 unspecified atom stereocenters. The Balaban J connectivity index is 1.62. The van der Waals surface area contributed by atoms with Gasteiger partial charge < -0.3 is 24.6 Å². The largest absolute Gasteiger partial charge is 0.497 e. The number of methoxy groups -OCH3 is 3. The van der Waals surface area contributed by atoms with Gasteiger partial charge in [0.1, 0.15) is 34.2 Å². The van der Waals surface area contributed by atoms with E-state index >= 15 is 0 Å². The predicted octanol–water partition coefficient (Wildman–Crippen LogP) is 2.18. The maximum absolute atomic E-state index is 13.2. The van der Waals surface area contributed by atoms with Gasteiger partial charge in [0.15, 0.2) is 5.70 Å². The van der Waals surface area contributed by atoms with Crippen LogP contribution in [0.1, 0.15) is 15.9 Å². The Morgan fingerprint density at radius 3 is 2.22 bits per heavy atom. The molecule has 0 bridgehead atoms. The number of β-lactam (4-membered cyclic amide) rings is 1. The van der Waals surface area contributed by atoms with Crippen LogP contribution in [0.3, 0.4) is 0 Å². The molecule has 2 N–H and O–H groups in total. The lowest BCUT2D eigenvalue weighted by Crippen LogP contribution is -2.71. The number of carbonyl (C=O) groups excluding carboxylic acids is 2. The third kappa shape index (κ3) is 4.65. The first kappa shape index (κ1) is 25.8. The van der Waals surface area contributed by atoms with E-state index in [-0.39, 0.29) is 40.6 Å². The molecule has 4 rings (SSSR count). The van der Waals surface area contributed by atoms with Crippen LogP contribution < -0.4 is 14.8 Å². The second-order valence-electron chi connectivity index (χ2n) is 8.06. The van der Waals surface area contributed by atoms with Gasteiger partial charge in [-0.25, -0.2) is 4.79 Å². The van der Waals surface area contributed by atoms with Crippen LogP contribution in [-0.2, 0) is 20.7 Å². The van der Waals surface area contributed by atoms with Gasteiger partial charge in [-0.15, -0.1) is 11.8 Å². The van der Waals surface area contributed by atoms with Gasteiger partial charge >= 0.3 is 5.97 Å². The molecule has 3 atom stereocenters. The lowest BCUT2D eigenvalue weighted by molar-refractivity contribution is -0.384. The van der Waals surface area contributed by atoms with Gasteiger partial charge in [-0.2, -0.15) is 0 Å². The third-order valence-corrected chi connectivity index (χ3v) is 7.52. The fraction of sp³-hybridized carbons (Fsp3) is 0.292. The normalized spacial score (nSPS) is 20.5. The minimum Gasteiger partial charge on any atom is -0.497 e. The first-order chi connectivity index (χ1) is 17.7. The quantitative estimate of drug-likeness (QED) is 0.280. The zero-order valence-electron chi connectivity index (χ0n) is 20.0. The zero-order valence-corrected chi connectivity index (χ0v) is 20.8. The number of carboxylic acids is 1. The van der Waals surface area contributed by atoms with Gasteiger partial charge in [0.25, 0.3) is 17.5 Å². The van der Waals surface area contributed by atoms with Crippen molar-refractivity contribution in [1.82, 2.24) is 10.2 Å². The summed E-state index contributed by atoms with van der Waals surface area (Å²) in [7, 11) is 4.12. The van der Waals surface area contributed by atoms with E-state index in [0.29, 0.717) is 5.56 Å². The smallest absolute Gasteiger partial charge is 0.356 e. The van der Waals surface area contributed by atoms with Crippen molar-refractivity contribution in [3.63, 3.8) is 0 Å². The number of ether oxygens (including phenoxy) is 3. The SMILES string of the molecule is COC1=C(C(=O)O)N2C(=O)C(NC(=O)c3c(OC)cccc3OC)[C@H]2SC1Cc1ccc([N+](=O)[O-])cc1. The van der Waals surface area contributed by atoms with Crippen molar-refractivity contribution in [3.8, 4) is 11.5 Å². The number of carbonyl (C=O) groups is 3. The van der Waals surface area contributed by atoms with E-state index in [4.69, 9.17) is 14.2 Å². The standard InChI is InChI=1S/C24H23N3O9S/c1-34-14-5-4-6-15(35-2)17(14)21(28)25-18-22(29)26-19(24(30)31)20(36-3)16(37-23(18)26)11-12-7-9-13(10-8-12)27(32)33/h4-10,16,18,23H,11H2,1-3H3,(H,25,28)(H,30,31)/t16?,18?,23-/m1/s1. The summed E-state index contributed by atoms with van der Waals surface area (Å²) >= 11 is 1.26. The van der Waals surface area contributed by atoms with Crippen LogP contribution in [0.2, 0.25) is 0 Å². The van der Waals surface area contributed by atoms with Gasteiger partial charge in [-0.3, -0.25) is 24.6 Å². The number of nitro benzene ring substituents is 1. The molecule has 37 heavy (non-hydrogen) atoms. The number of amides is 2. The van der Waals surface area contributed by atoms with Crippen LogP contribution in [-0.4, -0.2) is 70.7 Å². The Labute approximate surface area is 215 Å². The molecule has 2 aromatic rings. The van der Waals surface area contributed by atoms with Crippen molar-refractivity contribution in [2.45, 2.75) is 23.1 Å². The number of hydrogen-bond acceptors (Lipinski definition) is 9. The van der Waals surface area contributed by atoms with E-state index in [0.717, 1.165) is 4.90 Å². The Morgan fingerprint density at radius 1 is 1.08 bits per heavy atom. The monoisotopic (exact) mass is 529 g/mol. The van der Waals surface area contributed by atoms with Crippen molar-refractivity contribution < 1.29 is 38.6 Å². The summed E-state index contributed by atoms with van der Waals surface area (Å²) in [6.07, 6.45) is 0.280. The highest BCUT2D eigenvalue weighted by molar-refractivity contribution is 8.00. The Kier molecular flexibility index (Phi) is 7.25. The third-order valence-electron chi connectivity index (χ3n) is 6.05. The van der Waals surface area contributed by atoms with Gasteiger partial charge in [-0.1, -0.05) is 18.2 Å². The van der Waals surface area contributed by atoms with Gasteiger partial charge in [0.2, 0.25) is 0 Å². The summed E-state index contributed by atoms with van der Waals surface area (Å²) in [6.45, 7) is 0. The summed E-state index contributed by atoms with van der Waals surface area (Å²) in [5.41, 5.74) is 0.442. The average Bonchev–Trinajstić information content (AvgIpc) is 2.90. The molecule has 0 spiro atoms. The summed E-state index contributed by atoms with van der Waals surface area (Å²) in [5.74, 6) is -1.96. The summed E-state index contributed by atoms with van der Waals surface area (Å²) in [6, 6.07) is 9.69. The average molecular weight is 530 g/mol. The first-order valence-corrected chi connectivity index (χ1v) is 11.9. The van der Waals surface area contributed by atoms with Gasteiger partial charge in [-0.05, 0) is 24.1 Å². The lowest BCUT2D eigenvalue weighted by Gasteiger charge is -2.50. The number of carboxylic acid groups (broad SMARTS) is 1. The van der Waals surface area contributed by atoms with Crippen molar-refractivity contribution >= 4 is 35.2 Å². The Hall–Kier alpha value is -4.26. The van der Waals surface area contributed by atoms with Crippen molar-refractivity contribution in [3.05, 3.63) is 75.2 Å². The maximum atomic E-state index is 13.2. The number of thioether (sulfide) groups is 1. The number of nitrogens with zero attached hydrogens (tertiary/aromatic N) is 2. The summed E-state index contributed by atoms with van der Waals surface area (Å²) in [5, 5.41) is 22.3. The van der Waals surface area contributed by atoms with Crippen molar-refractivity contribution in [1.29, 1.82) is 0 Å². The minimum absolute atomic E-state index is 0.0703. The highest BCUT2D eigenvalue weighted by Gasteiger charge is 2.57. The lowest BCUT2D eigenvalue weighted by atomic mass is 10.0. The number of benzene rings is 2. The van der Waals surface area contributed by atoms with Gasteiger partial charge in [0, 0.05) is 12.1 Å². The molecule has 2 amide bonds. The molecule has 0 aliphatic carbocycles. The Morgan fingerprint density at radius 2 is 1.70 bits per heavy atom. The highest BCUT2D eigenvalue weighted by atomic mass is 32.2. The second-order valence-corrected chi connectivity index (χ2v) is 9.39. The molecule has 1 saturated heterocycles. The molecule has 0 saturated carbocycles. The molecular weight excluding hydrogens is 506 g/mol. The number of nitro groups is 1. The molecule has 1 fully saturated rings. The molecule has 2 heterocycles. The predicted molar refractivity (Wildman–Crippen MR) is 131 cm³/mol. The molecule has 2 aliphatic rings. The number of aliphatic carboxylic acids is 1. The van der Waals surface area contributed by atoms with Crippen molar-refractivity contribution in [2.75, 3.05) is 21.3 Å². The van der Waals surface area contributed by atoms with Crippen LogP contribution in [0.25, 0.3) is 0 Å². The summed E-state index contributed by atoms with van der Waals surface area (Å²) < 4.78 is 16.0. The van der Waals surface area contributed by atoms with E-state index in [1.165, 1.54) is 45.2 Å². The number of rotatable bonds is 9. The molecule has 0 radical (unpaired) electrons. The van der Waals surface area contributed by atoms with Crippen LogP contribution in [0, 0.1) is 10.1 Å². The molecular formula is C24H23N3O9S. The highest BCUT2D eigenvalue weighted by Crippen LogP contribution is 2.45. The van der Waals surface area contributed by atoms with Crippen LogP contribution in [0.4, 0.5) is 5.69 Å². The number of non-ortho nitro benzene ring substituents is 1. The van der Waals surface area contributed by atoms with E-state index in [2.05, 4.69) is 5.32 Å². The molecule has 2 aromatic carbocycles. The fourth-order valence-corrected chi connectivity index (χ4v) is 5.94. The van der Waals surface area contributed by atoms with E-state index in [1.807, 2.05) is 0 Å². The van der Waals surface area contributed by atoms with E-state index in [1.54, 1.807) is 30.3 Å². The van der Waals surface area contributed by atoms with Crippen LogP contribution >= 0.6 is 11.8 Å². The van der Waals surface area contributed by atoms with Crippen LogP contribution in [0.5, 0.6) is 11.5 Å². The number of fused-ring (bicyclic) bond motifs is 1. The van der Waals surface area contributed by atoms with Gasteiger partial charge in [0.05, 0.1) is 31.5 Å². The van der Waals surface area contributed by atoms with E-state index < -0.39 is 39.4 Å². The summed E-state index contributed by atoms with van der Waals surface area (Å²) in [4.78, 5) is 49.9. The molecule has 13 heteroatoms. The van der Waals surface area contributed by atoms with Crippen molar-refractivity contribution in [2.24, 2.45) is 0 Å². The number of hydrogen-bond donors (Lipinski definition) is 2. The maximum Gasteiger partial charge on any atom is 0.356 e. The van der Waals surface area contributed by atoms with E-state index in [9.17, 15) is 29.6 Å².